The Morgan fingerprint density at radius 2 is 2.05 bits per heavy atom. The lowest BCUT2D eigenvalue weighted by Gasteiger charge is -2.11. The van der Waals surface area contributed by atoms with Crippen LogP contribution in [0.5, 0.6) is 11.5 Å². The summed E-state index contributed by atoms with van der Waals surface area (Å²) in [5.41, 5.74) is 6.59. The van der Waals surface area contributed by atoms with E-state index in [1.54, 1.807) is 14.2 Å². The predicted molar refractivity (Wildman–Crippen MR) is 81.8 cm³/mol. The number of amides is 1. The van der Waals surface area contributed by atoms with Crippen molar-refractivity contribution in [1.82, 2.24) is 5.32 Å². The van der Waals surface area contributed by atoms with E-state index in [1.807, 2.05) is 25.1 Å². The van der Waals surface area contributed by atoms with Crippen LogP contribution in [0.1, 0.15) is 18.9 Å². The standard InChI is InChI=1S/C14H22N2O3.ClH/c1-10(15)8-14(17)16-7-6-11-4-5-12(18-2)9-13(11)19-3;/h4-5,9-10H,6-8,15H2,1-3H3,(H,16,17);1H. The van der Waals surface area contributed by atoms with Crippen molar-refractivity contribution in [3.05, 3.63) is 23.8 Å². The van der Waals surface area contributed by atoms with E-state index >= 15 is 0 Å². The summed E-state index contributed by atoms with van der Waals surface area (Å²) in [6, 6.07) is 5.53. The normalized spacial score (nSPS) is 11.2. The number of carbonyl (C=O) groups excluding carboxylic acids is 1. The van der Waals surface area contributed by atoms with Gasteiger partial charge in [-0.1, -0.05) is 6.07 Å². The number of ether oxygens (including phenoxy) is 2. The topological polar surface area (TPSA) is 73.6 Å². The summed E-state index contributed by atoms with van der Waals surface area (Å²) in [6.07, 6.45) is 1.05. The summed E-state index contributed by atoms with van der Waals surface area (Å²) in [7, 11) is 3.23. The molecule has 1 amide bonds. The monoisotopic (exact) mass is 302 g/mol. The molecule has 0 aliphatic heterocycles. The van der Waals surface area contributed by atoms with Gasteiger partial charge < -0.3 is 20.5 Å². The Bertz CT molecular complexity index is 425. The van der Waals surface area contributed by atoms with E-state index in [2.05, 4.69) is 5.32 Å². The van der Waals surface area contributed by atoms with Crippen LogP contribution in [-0.2, 0) is 11.2 Å². The molecule has 1 rings (SSSR count). The molecule has 1 aromatic carbocycles. The van der Waals surface area contributed by atoms with E-state index in [9.17, 15) is 4.79 Å². The van der Waals surface area contributed by atoms with Gasteiger partial charge >= 0.3 is 0 Å². The number of nitrogens with one attached hydrogen (secondary N) is 1. The molecule has 5 nitrogen and oxygen atoms in total. The molecule has 0 aliphatic carbocycles. The first-order valence-corrected chi connectivity index (χ1v) is 6.30. The highest BCUT2D eigenvalue weighted by molar-refractivity contribution is 5.85. The first kappa shape index (κ1) is 18.5. The summed E-state index contributed by atoms with van der Waals surface area (Å²) in [5, 5.41) is 2.84. The van der Waals surface area contributed by atoms with E-state index in [-0.39, 0.29) is 24.4 Å². The van der Waals surface area contributed by atoms with Crippen molar-refractivity contribution >= 4 is 18.3 Å². The fraction of sp³-hybridized carbons (Fsp3) is 0.500. The summed E-state index contributed by atoms with van der Waals surface area (Å²) in [4.78, 5) is 11.5. The number of rotatable bonds is 7. The fourth-order valence-electron chi connectivity index (χ4n) is 1.76. The second kappa shape index (κ2) is 9.44. The van der Waals surface area contributed by atoms with Gasteiger partial charge in [-0.05, 0) is 25.0 Å². The van der Waals surface area contributed by atoms with Crippen LogP contribution < -0.4 is 20.5 Å². The highest BCUT2D eigenvalue weighted by Crippen LogP contribution is 2.24. The van der Waals surface area contributed by atoms with Crippen molar-refractivity contribution < 1.29 is 14.3 Å². The van der Waals surface area contributed by atoms with Crippen molar-refractivity contribution in [2.75, 3.05) is 20.8 Å². The van der Waals surface area contributed by atoms with Crippen LogP contribution in [0.25, 0.3) is 0 Å². The zero-order valence-electron chi connectivity index (χ0n) is 12.1. The molecule has 0 saturated carbocycles. The van der Waals surface area contributed by atoms with Crippen LogP contribution in [0.2, 0.25) is 0 Å². The first-order chi connectivity index (χ1) is 9.06. The third-order valence-electron chi connectivity index (χ3n) is 2.72. The summed E-state index contributed by atoms with van der Waals surface area (Å²) >= 11 is 0. The van der Waals surface area contributed by atoms with Gasteiger partial charge in [0.05, 0.1) is 14.2 Å². The molecule has 0 fully saturated rings. The van der Waals surface area contributed by atoms with Crippen LogP contribution in [0, 0.1) is 0 Å². The average Bonchev–Trinajstić information content (AvgIpc) is 2.38. The van der Waals surface area contributed by atoms with E-state index in [4.69, 9.17) is 15.2 Å². The zero-order valence-corrected chi connectivity index (χ0v) is 13.0. The average molecular weight is 303 g/mol. The highest BCUT2D eigenvalue weighted by Gasteiger charge is 2.07. The molecule has 0 aliphatic rings. The van der Waals surface area contributed by atoms with Gasteiger partial charge in [-0.25, -0.2) is 0 Å². The highest BCUT2D eigenvalue weighted by atomic mass is 35.5. The Hall–Kier alpha value is -1.46. The van der Waals surface area contributed by atoms with Crippen molar-refractivity contribution in [1.29, 1.82) is 0 Å². The molecule has 114 valence electrons. The van der Waals surface area contributed by atoms with Crippen molar-refractivity contribution in [3.8, 4) is 11.5 Å². The Kier molecular flexibility index (Phi) is 8.76. The van der Waals surface area contributed by atoms with E-state index in [0.717, 1.165) is 17.1 Å². The molecular formula is C14H23ClN2O3. The zero-order chi connectivity index (χ0) is 14.3. The van der Waals surface area contributed by atoms with Crippen molar-refractivity contribution in [3.63, 3.8) is 0 Å². The number of hydrogen-bond donors (Lipinski definition) is 2. The first-order valence-electron chi connectivity index (χ1n) is 6.30. The summed E-state index contributed by atoms with van der Waals surface area (Å²) in [6.45, 7) is 2.38. The molecule has 6 heteroatoms. The molecule has 1 atom stereocenters. The Morgan fingerprint density at radius 3 is 2.60 bits per heavy atom. The van der Waals surface area contributed by atoms with Gasteiger partial charge in [-0.15, -0.1) is 12.4 Å². The molecular weight excluding hydrogens is 280 g/mol. The maximum Gasteiger partial charge on any atom is 0.221 e. The Morgan fingerprint density at radius 1 is 1.35 bits per heavy atom. The van der Waals surface area contributed by atoms with Gasteiger partial charge in [0.1, 0.15) is 11.5 Å². The second-order valence-corrected chi connectivity index (χ2v) is 4.46. The van der Waals surface area contributed by atoms with Crippen LogP contribution in [0.15, 0.2) is 18.2 Å². The molecule has 3 N–H and O–H groups in total. The van der Waals surface area contributed by atoms with Crippen LogP contribution >= 0.6 is 12.4 Å². The molecule has 0 bridgehead atoms. The summed E-state index contributed by atoms with van der Waals surface area (Å²) < 4.78 is 10.4. The van der Waals surface area contributed by atoms with Gasteiger partial charge in [0, 0.05) is 25.1 Å². The minimum absolute atomic E-state index is 0. The quantitative estimate of drug-likeness (QED) is 0.801. The molecule has 0 saturated heterocycles. The van der Waals surface area contributed by atoms with Crippen molar-refractivity contribution in [2.24, 2.45) is 5.73 Å². The lowest BCUT2D eigenvalue weighted by molar-refractivity contribution is -0.121. The van der Waals surface area contributed by atoms with Gasteiger partial charge in [0.25, 0.3) is 0 Å². The Balaban J connectivity index is 0.00000361. The molecule has 20 heavy (non-hydrogen) atoms. The van der Waals surface area contributed by atoms with E-state index in [1.165, 1.54) is 0 Å². The maximum absolute atomic E-state index is 11.5. The molecule has 0 aromatic heterocycles. The van der Waals surface area contributed by atoms with Crippen LogP contribution in [-0.4, -0.2) is 32.7 Å². The van der Waals surface area contributed by atoms with E-state index < -0.39 is 0 Å². The smallest absolute Gasteiger partial charge is 0.221 e. The minimum atomic E-state index is -0.115. The third kappa shape index (κ3) is 6.12. The minimum Gasteiger partial charge on any atom is -0.497 e. The molecule has 1 unspecified atom stereocenters. The van der Waals surface area contributed by atoms with Crippen LogP contribution in [0.4, 0.5) is 0 Å². The second-order valence-electron chi connectivity index (χ2n) is 4.46. The number of methoxy groups -OCH3 is 2. The summed E-state index contributed by atoms with van der Waals surface area (Å²) in [5.74, 6) is 1.49. The lowest BCUT2D eigenvalue weighted by Crippen LogP contribution is -2.31. The van der Waals surface area contributed by atoms with Gasteiger partial charge in [0.2, 0.25) is 5.91 Å². The van der Waals surface area contributed by atoms with Crippen LogP contribution in [0.3, 0.4) is 0 Å². The Labute approximate surface area is 126 Å². The molecule has 0 spiro atoms. The van der Waals surface area contributed by atoms with Gasteiger partial charge in [0.15, 0.2) is 0 Å². The third-order valence-corrected chi connectivity index (χ3v) is 2.72. The largest absolute Gasteiger partial charge is 0.497 e. The number of halogens is 1. The lowest BCUT2D eigenvalue weighted by atomic mass is 10.1. The maximum atomic E-state index is 11.5. The number of benzene rings is 1. The number of hydrogen-bond acceptors (Lipinski definition) is 4. The van der Waals surface area contributed by atoms with Gasteiger partial charge in [-0.3, -0.25) is 4.79 Å². The number of carbonyl (C=O) groups is 1. The molecule has 0 radical (unpaired) electrons. The molecule has 0 heterocycles. The fourth-order valence-corrected chi connectivity index (χ4v) is 1.76. The SMILES string of the molecule is COc1ccc(CCNC(=O)CC(C)N)c(OC)c1.Cl. The van der Waals surface area contributed by atoms with Crippen molar-refractivity contribution in [2.45, 2.75) is 25.8 Å². The predicted octanol–water partition coefficient (Wildman–Crippen LogP) is 1.52. The molecule has 1 aromatic rings. The number of nitrogens with two attached hydrogens (primary N) is 1. The van der Waals surface area contributed by atoms with Gasteiger partial charge in [-0.2, -0.15) is 0 Å². The van der Waals surface area contributed by atoms with E-state index in [0.29, 0.717) is 19.4 Å².